The van der Waals surface area contributed by atoms with E-state index in [0.29, 0.717) is 22.9 Å². The van der Waals surface area contributed by atoms with E-state index < -0.39 is 0 Å². The van der Waals surface area contributed by atoms with Gasteiger partial charge in [0.1, 0.15) is 17.9 Å². The second-order valence-electron chi connectivity index (χ2n) is 11.7. The van der Waals surface area contributed by atoms with Crippen molar-refractivity contribution in [3.63, 3.8) is 0 Å². The molecule has 2 aliphatic rings. The molecule has 224 valence electrons. The number of piperidine rings is 2. The number of aryl methyl sites for hydroxylation is 1. The zero-order chi connectivity index (χ0) is 29.9. The number of carbonyl (C=O) groups excluding carboxylic acids is 1. The van der Waals surface area contributed by atoms with Crippen LogP contribution in [0.5, 0.6) is 5.75 Å². The highest BCUT2D eigenvalue weighted by Gasteiger charge is 2.30. The van der Waals surface area contributed by atoms with Gasteiger partial charge in [0.25, 0.3) is 0 Å². The van der Waals surface area contributed by atoms with E-state index in [1.165, 1.54) is 32.0 Å². The van der Waals surface area contributed by atoms with Crippen molar-refractivity contribution >= 4 is 39.7 Å². The number of fused-ring (bicyclic) bond motifs is 1. The van der Waals surface area contributed by atoms with Crippen molar-refractivity contribution in [1.82, 2.24) is 24.6 Å². The molecule has 4 aromatic rings. The third-order valence-electron chi connectivity index (χ3n) is 9.05. The maximum absolute atomic E-state index is 12.5. The Balaban J connectivity index is 1.25. The maximum Gasteiger partial charge on any atom is 0.247 e. The number of likely N-dealkylation sites (tertiary alicyclic amines) is 1. The van der Waals surface area contributed by atoms with E-state index in [1.807, 2.05) is 48.3 Å². The molecule has 0 atom stereocenters. The zero-order valence-corrected chi connectivity index (χ0v) is 25.2. The molecule has 10 heteroatoms. The first-order valence-electron chi connectivity index (χ1n) is 15.0. The van der Waals surface area contributed by atoms with Gasteiger partial charge in [0.05, 0.1) is 41.6 Å². The Morgan fingerprint density at radius 3 is 2.44 bits per heavy atom. The van der Waals surface area contributed by atoms with Crippen molar-refractivity contribution in [2.75, 3.05) is 55.9 Å². The van der Waals surface area contributed by atoms with E-state index in [0.717, 1.165) is 65.6 Å². The molecule has 0 saturated carbocycles. The van der Waals surface area contributed by atoms with Gasteiger partial charge in [-0.25, -0.2) is 9.97 Å². The lowest BCUT2D eigenvalue weighted by atomic mass is 9.79. The van der Waals surface area contributed by atoms with Crippen molar-refractivity contribution in [2.45, 2.75) is 25.7 Å². The highest BCUT2D eigenvalue weighted by molar-refractivity contribution is 6.02. The van der Waals surface area contributed by atoms with Crippen molar-refractivity contribution in [3.05, 3.63) is 61.6 Å². The SMILES string of the molecule is C=CC(=O)Nc1cc(Nc2cc(-c3ccc4cnn(C)c4c3)ncn2)c(OC)cc1N1CCC(C2CCN(C)CC2)CC1. The molecule has 10 nitrogen and oxygen atoms in total. The standard InChI is InChI=1S/C33H40N8O2/c1-5-33(42)38-27-17-28(37-32-18-26(34-21-35-32)24-6-7-25-20-36-40(3)29(25)16-24)31(43-4)19-30(27)41-14-10-23(11-15-41)22-8-12-39(2)13-9-22/h5-7,16-23H,1,8-15H2,2-4H3,(H,38,42)(H,34,35,37). The molecular formula is C33H40N8O2. The number of carbonyl (C=O) groups is 1. The first-order chi connectivity index (χ1) is 20.9. The fourth-order valence-electron chi connectivity index (χ4n) is 6.52. The maximum atomic E-state index is 12.5. The van der Waals surface area contributed by atoms with Crippen LogP contribution in [-0.2, 0) is 11.8 Å². The van der Waals surface area contributed by atoms with E-state index in [9.17, 15) is 4.79 Å². The van der Waals surface area contributed by atoms with Gasteiger partial charge in [-0.05, 0) is 75.9 Å². The molecular weight excluding hydrogens is 540 g/mol. The molecule has 4 heterocycles. The molecule has 2 saturated heterocycles. The van der Waals surface area contributed by atoms with Crippen LogP contribution >= 0.6 is 0 Å². The topological polar surface area (TPSA) is 100 Å². The number of ether oxygens (including phenoxy) is 1. The van der Waals surface area contributed by atoms with Crippen LogP contribution < -0.4 is 20.3 Å². The molecule has 2 aromatic heterocycles. The number of hydrogen-bond donors (Lipinski definition) is 2. The lowest BCUT2D eigenvalue weighted by Crippen LogP contribution is -2.40. The quantitative estimate of drug-likeness (QED) is 0.265. The number of amides is 1. The molecule has 43 heavy (non-hydrogen) atoms. The molecule has 0 spiro atoms. The van der Waals surface area contributed by atoms with E-state index in [-0.39, 0.29) is 5.91 Å². The summed E-state index contributed by atoms with van der Waals surface area (Å²) >= 11 is 0. The number of methoxy groups -OCH3 is 1. The summed E-state index contributed by atoms with van der Waals surface area (Å²) in [6, 6.07) is 12.0. The summed E-state index contributed by atoms with van der Waals surface area (Å²) < 4.78 is 7.70. The predicted molar refractivity (Wildman–Crippen MR) is 172 cm³/mol. The van der Waals surface area contributed by atoms with Crippen LogP contribution in [0, 0.1) is 11.8 Å². The lowest BCUT2D eigenvalue weighted by Gasteiger charge is -2.40. The predicted octanol–water partition coefficient (Wildman–Crippen LogP) is 5.47. The van der Waals surface area contributed by atoms with E-state index in [1.54, 1.807) is 13.4 Å². The van der Waals surface area contributed by atoms with Gasteiger partial charge in [-0.1, -0.05) is 18.7 Å². The number of anilines is 4. The summed E-state index contributed by atoms with van der Waals surface area (Å²) in [5, 5.41) is 11.8. The van der Waals surface area contributed by atoms with Crippen LogP contribution in [0.2, 0.25) is 0 Å². The minimum absolute atomic E-state index is 0.256. The Bertz CT molecular complexity index is 1620. The third-order valence-corrected chi connectivity index (χ3v) is 9.05. The Labute approximate surface area is 252 Å². The Morgan fingerprint density at radius 1 is 0.977 bits per heavy atom. The van der Waals surface area contributed by atoms with Gasteiger partial charge in [0.2, 0.25) is 5.91 Å². The second-order valence-corrected chi connectivity index (χ2v) is 11.7. The Hall–Kier alpha value is -4.44. The smallest absolute Gasteiger partial charge is 0.247 e. The first kappa shape index (κ1) is 28.7. The van der Waals surface area contributed by atoms with E-state index >= 15 is 0 Å². The van der Waals surface area contributed by atoms with Crippen LogP contribution in [0.3, 0.4) is 0 Å². The minimum Gasteiger partial charge on any atom is -0.494 e. The highest BCUT2D eigenvalue weighted by Crippen LogP contribution is 2.41. The van der Waals surface area contributed by atoms with Gasteiger partial charge >= 0.3 is 0 Å². The average Bonchev–Trinajstić information content (AvgIpc) is 3.41. The monoisotopic (exact) mass is 580 g/mol. The molecule has 2 N–H and O–H groups in total. The zero-order valence-electron chi connectivity index (χ0n) is 25.2. The summed E-state index contributed by atoms with van der Waals surface area (Å²) in [6.45, 7) is 7.94. The molecule has 2 aromatic carbocycles. The largest absolute Gasteiger partial charge is 0.494 e. The number of nitrogens with one attached hydrogen (secondary N) is 2. The third kappa shape index (κ3) is 6.19. The van der Waals surface area contributed by atoms with Crippen LogP contribution in [0.4, 0.5) is 22.9 Å². The van der Waals surface area contributed by atoms with Crippen LogP contribution in [0.25, 0.3) is 22.2 Å². The fourth-order valence-corrected chi connectivity index (χ4v) is 6.52. The van der Waals surface area contributed by atoms with Gasteiger partial charge in [0, 0.05) is 43.2 Å². The number of aromatic nitrogens is 4. The van der Waals surface area contributed by atoms with Crippen molar-refractivity contribution in [1.29, 1.82) is 0 Å². The Kier molecular flexibility index (Phi) is 8.29. The number of benzene rings is 2. The molecule has 0 unspecified atom stereocenters. The second kappa shape index (κ2) is 12.4. The molecule has 2 fully saturated rings. The molecule has 6 rings (SSSR count). The van der Waals surface area contributed by atoms with Crippen LogP contribution in [0.15, 0.2) is 61.6 Å². The average molecular weight is 581 g/mol. The summed E-state index contributed by atoms with van der Waals surface area (Å²) in [5.41, 5.74) is 5.13. The van der Waals surface area contributed by atoms with Gasteiger partial charge in [-0.15, -0.1) is 0 Å². The normalized spacial score (nSPS) is 16.8. The first-order valence-corrected chi connectivity index (χ1v) is 15.0. The summed E-state index contributed by atoms with van der Waals surface area (Å²) in [7, 11) is 5.80. The summed E-state index contributed by atoms with van der Waals surface area (Å²) in [6.07, 6.45) is 9.57. The van der Waals surface area contributed by atoms with Crippen molar-refractivity contribution < 1.29 is 9.53 Å². The van der Waals surface area contributed by atoms with Crippen LogP contribution in [-0.4, -0.2) is 70.9 Å². The fraction of sp³-hybridized carbons (Fsp3) is 0.394. The van der Waals surface area contributed by atoms with E-state index in [4.69, 9.17) is 4.74 Å². The Morgan fingerprint density at radius 2 is 1.72 bits per heavy atom. The molecule has 1 amide bonds. The van der Waals surface area contributed by atoms with E-state index in [2.05, 4.69) is 55.2 Å². The van der Waals surface area contributed by atoms with Gasteiger partial charge in [0.15, 0.2) is 0 Å². The highest BCUT2D eigenvalue weighted by atomic mass is 16.5. The number of hydrogen-bond acceptors (Lipinski definition) is 8. The minimum atomic E-state index is -0.256. The number of nitrogens with zero attached hydrogens (tertiary/aromatic N) is 6. The van der Waals surface area contributed by atoms with Crippen LogP contribution in [0.1, 0.15) is 25.7 Å². The summed E-state index contributed by atoms with van der Waals surface area (Å²) in [5.74, 6) is 2.59. The van der Waals surface area contributed by atoms with Gasteiger partial charge in [-0.2, -0.15) is 5.10 Å². The summed E-state index contributed by atoms with van der Waals surface area (Å²) in [4.78, 5) is 26.3. The lowest BCUT2D eigenvalue weighted by molar-refractivity contribution is -0.111. The molecule has 0 bridgehead atoms. The van der Waals surface area contributed by atoms with Crippen molar-refractivity contribution in [2.24, 2.45) is 18.9 Å². The number of rotatable bonds is 8. The molecule has 0 aliphatic carbocycles. The van der Waals surface area contributed by atoms with Gasteiger partial charge < -0.3 is 25.2 Å². The molecule has 0 radical (unpaired) electrons. The molecule has 2 aliphatic heterocycles. The van der Waals surface area contributed by atoms with Gasteiger partial charge in [-0.3, -0.25) is 9.48 Å². The van der Waals surface area contributed by atoms with Crippen molar-refractivity contribution in [3.8, 4) is 17.0 Å².